The zero-order valence-corrected chi connectivity index (χ0v) is 11.8. The summed E-state index contributed by atoms with van der Waals surface area (Å²) < 4.78 is 27.2. The van der Waals surface area contributed by atoms with Crippen LogP contribution in [0.15, 0.2) is 0 Å². The van der Waals surface area contributed by atoms with Crippen molar-refractivity contribution in [2.45, 2.75) is 26.2 Å². The van der Waals surface area contributed by atoms with Crippen LogP contribution in [-0.4, -0.2) is 12.6 Å². The second kappa shape index (κ2) is 4.80. The molecule has 0 amide bonds. The Morgan fingerprint density at radius 1 is 1.00 bits per heavy atom. The van der Waals surface area contributed by atoms with Gasteiger partial charge in [0.2, 0.25) is 0 Å². The lowest BCUT2D eigenvalue weighted by atomic mass is 9.80. The van der Waals surface area contributed by atoms with Crippen LogP contribution in [0.2, 0.25) is 0 Å². The van der Waals surface area contributed by atoms with Crippen molar-refractivity contribution in [1.29, 1.82) is 0 Å². The van der Waals surface area contributed by atoms with Gasteiger partial charge in [-0.05, 0) is 33.6 Å². The molecule has 0 spiro atoms. The molecule has 0 aliphatic rings. The number of carbonyl (C=O) groups is 2. The smallest absolute Gasteiger partial charge is 0.153 e. The Balaban J connectivity index is 3.89. The molecule has 1 aromatic rings. The molecule has 0 fully saturated rings. The molecule has 1 aromatic carbocycles. The number of hydrogen-bond donors (Lipinski definition) is 0. The van der Waals surface area contributed by atoms with Gasteiger partial charge in [-0.2, -0.15) is 0 Å². The highest BCUT2D eigenvalue weighted by Crippen LogP contribution is 2.33. The quantitative estimate of drug-likeness (QED) is 0.464. The molecular weight excluding hydrogens is 341 g/mol. The minimum atomic E-state index is -0.909. The lowest BCUT2D eigenvalue weighted by molar-refractivity contribution is 0.111. The maximum atomic E-state index is 13.8. The molecular formula is C12H11F2IO2. The summed E-state index contributed by atoms with van der Waals surface area (Å²) in [6.45, 7) is 5.07. The number of aldehydes is 2. The third kappa shape index (κ3) is 2.38. The molecule has 92 valence electrons. The Hall–Kier alpha value is -0.850. The molecule has 0 radical (unpaired) electrons. The SMILES string of the molecule is CC(C)(C)c1c(C=O)c(F)c(I)c(F)c1C=O. The van der Waals surface area contributed by atoms with Gasteiger partial charge < -0.3 is 0 Å². The minimum absolute atomic E-state index is 0.109. The van der Waals surface area contributed by atoms with Crippen molar-refractivity contribution in [1.82, 2.24) is 0 Å². The summed E-state index contributed by atoms with van der Waals surface area (Å²) in [5.41, 5.74) is -1.08. The molecule has 0 aliphatic carbocycles. The molecule has 0 unspecified atom stereocenters. The molecule has 0 aliphatic heterocycles. The Morgan fingerprint density at radius 3 is 1.59 bits per heavy atom. The fourth-order valence-electron chi connectivity index (χ4n) is 1.73. The van der Waals surface area contributed by atoms with Gasteiger partial charge in [0.25, 0.3) is 0 Å². The molecule has 0 aromatic heterocycles. The van der Waals surface area contributed by atoms with E-state index < -0.39 is 17.0 Å². The first-order valence-corrected chi connectivity index (χ1v) is 5.94. The number of rotatable bonds is 2. The van der Waals surface area contributed by atoms with E-state index in [1.165, 1.54) is 22.6 Å². The first-order chi connectivity index (χ1) is 7.75. The predicted molar refractivity (Wildman–Crippen MR) is 68.6 cm³/mol. The van der Waals surface area contributed by atoms with E-state index in [-0.39, 0.29) is 20.3 Å². The van der Waals surface area contributed by atoms with Gasteiger partial charge in [-0.3, -0.25) is 9.59 Å². The van der Waals surface area contributed by atoms with E-state index in [2.05, 4.69) is 0 Å². The normalized spacial score (nSPS) is 11.4. The average Bonchev–Trinajstić information content (AvgIpc) is 2.24. The summed E-state index contributed by atoms with van der Waals surface area (Å²) in [7, 11) is 0. The molecule has 17 heavy (non-hydrogen) atoms. The molecule has 0 saturated heterocycles. The second-order valence-electron chi connectivity index (χ2n) is 4.63. The molecule has 2 nitrogen and oxygen atoms in total. The van der Waals surface area contributed by atoms with Crippen LogP contribution in [0.1, 0.15) is 47.1 Å². The van der Waals surface area contributed by atoms with Gasteiger partial charge in [-0.25, -0.2) is 8.78 Å². The number of hydrogen-bond acceptors (Lipinski definition) is 2. The van der Waals surface area contributed by atoms with Crippen LogP contribution >= 0.6 is 22.6 Å². The third-order valence-electron chi connectivity index (χ3n) is 2.38. The summed E-state index contributed by atoms with van der Waals surface area (Å²) in [5.74, 6) is -1.82. The second-order valence-corrected chi connectivity index (χ2v) is 5.71. The van der Waals surface area contributed by atoms with Crippen LogP contribution in [0.25, 0.3) is 0 Å². The Kier molecular flexibility index (Phi) is 4.01. The summed E-state index contributed by atoms with van der Waals surface area (Å²) >= 11 is 1.44. The van der Waals surface area contributed by atoms with E-state index in [0.29, 0.717) is 12.6 Å². The van der Waals surface area contributed by atoms with Gasteiger partial charge >= 0.3 is 0 Å². The standard InChI is InChI=1S/C12H11F2IO2/c1-12(2,3)8-6(4-16)9(13)11(15)10(14)7(8)5-17/h4-5H,1-3H3. The number of carbonyl (C=O) groups excluding carboxylic acids is 2. The van der Waals surface area contributed by atoms with E-state index in [0.717, 1.165) is 0 Å². The maximum Gasteiger partial charge on any atom is 0.153 e. The number of halogens is 3. The van der Waals surface area contributed by atoms with Crippen LogP contribution in [0.4, 0.5) is 8.78 Å². The highest BCUT2D eigenvalue weighted by molar-refractivity contribution is 14.1. The van der Waals surface area contributed by atoms with Crippen molar-refractivity contribution in [3.05, 3.63) is 31.9 Å². The predicted octanol–water partition coefficient (Wildman–Crippen LogP) is 3.49. The average molecular weight is 352 g/mol. The Bertz CT molecular complexity index is 455. The van der Waals surface area contributed by atoms with Crippen molar-refractivity contribution in [2.24, 2.45) is 0 Å². The highest BCUT2D eigenvalue weighted by Gasteiger charge is 2.29. The van der Waals surface area contributed by atoms with Gasteiger partial charge in [0.15, 0.2) is 12.6 Å². The molecule has 0 bridgehead atoms. The van der Waals surface area contributed by atoms with E-state index in [4.69, 9.17) is 0 Å². The first kappa shape index (κ1) is 14.2. The van der Waals surface area contributed by atoms with Crippen molar-refractivity contribution in [3.8, 4) is 0 Å². The van der Waals surface area contributed by atoms with E-state index in [9.17, 15) is 18.4 Å². The molecule has 5 heteroatoms. The van der Waals surface area contributed by atoms with Gasteiger partial charge in [-0.15, -0.1) is 0 Å². The van der Waals surface area contributed by atoms with Gasteiger partial charge in [0, 0.05) is 0 Å². The maximum absolute atomic E-state index is 13.8. The molecule has 0 N–H and O–H groups in total. The van der Waals surface area contributed by atoms with Crippen LogP contribution in [-0.2, 0) is 5.41 Å². The third-order valence-corrected chi connectivity index (χ3v) is 3.33. The molecule has 0 heterocycles. The molecule has 1 rings (SSSR count). The van der Waals surface area contributed by atoms with Gasteiger partial charge in [0.05, 0.1) is 14.7 Å². The van der Waals surface area contributed by atoms with Crippen LogP contribution in [0, 0.1) is 15.2 Å². The van der Waals surface area contributed by atoms with Crippen molar-refractivity contribution < 1.29 is 18.4 Å². The fourth-order valence-corrected chi connectivity index (χ4v) is 2.31. The minimum Gasteiger partial charge on any atom is -0.298 e. The zero-order chi connectivity index (χ0) is 13.4. The molecule has 0 saturated carbocycles. The van der Waals surface area contributed by atoms with E-state index >= 15 is 0 Å². The summed E-state index contributed by atoms with van der Waals surface area (Å²) in [6, 6.07) is 0. The summed E-state index contributed by atoms with van der Waals surface area (Å²) in [5, 5.41) is 0. The topological polar surface area (TPSA) is 34.1 Å². The largest absolute Gasteiger partial charge is 0.298 e. The lowest BCUT2D eigenvalue weighted by Crippen LogP contribution is -2.21. The van der Waals surface area contributed by atoms with Gasteiger partial charge in [0.1, 0.15) is 11.6 Å². The zero-order valence-electron chi connectivity index (χ0n) is 9.61. The van der Waals surface area contributed by atoms with Crippen LogP contribution < -0.4 is 0 Å². The van der Waals surface area contributed by atoms with Crippen molar-refractivity contribution >= 4 is 35.2 Å². The van der Waals surface area contributed by atoms with Gasteiger partial charge in [-0.1, -0.05) is 20.8 Å². The monoisotopic (exact) mass is 352 g/mol. The lowest BCUT2D eigenvalue weighted by Gasteiger charge is -2.24. The summed E-state index contributed by atoms with van der Waals surface area (Å²) in [4.78, 5) is 21.9. The Labute approximate surface area is 112 Å². The molecule has 0 atom stereocenters. The van der Waals surface area contributed by atoms with Crippen LogP contribution in [0.5, 0.6) is 0 Å². The Morgan fingerprint density at radius 2 is 1.35 bits per heavy atom. The fraction of sp³-hybridized carbons (Fsp3) is 0.333. The summed E-state index contributed by atoms with van der Waals surface area (Å²) in [6.07, 6.45) is 0.648. The van der Waals surface area contributed by atoms with Crippen molar-refractivity contribution in [2.75, 3.05) is 0 Å². The van der Waals surface area contributed by atoms with E-state index in [1.807, 2.05) is 0 Å². The van der Waals surface area contributed by atoms with E-state index in [1.54, 1.807) is 20.8 Å². The first-order valence-electron chi connectivity index (χ1n) is 4.87. The van der Waals surface area contributed by atoms with Crippen LogP contribution in [0.3, 0.4) is 0 Å². The highest BCUT2D eigenvalue weighted by atomic mass is 127. The van der Waals surface area contributed by atoms with Crippen molar-refractivity contribution in [3.63, 3.8) is 0 Å². The number of benzene rings is 1.